The summed E-state index contributed by atoms with van der Waals surface area (Å²) < 4.78 is 12.3. The number of imidazole rings is 1. The molecular formula is C19H19N7O3. The molecule has 10 nitrogen and oxygen atoms in total. The molecule has 0 aromatic carbocycles. The molecular weight excluding hydrogens is 374 g/mol. The van der Waals surface area contributed by atoms with Gasteiger partial charge < -0.3 is 14.8 Å². The van der Waals surface area contributed by atoms with E-state index in [0.29, 0.717) is 41.6 Å². The summed E-state index contributed by atoms with van der Waals surface area (Å²) in [6, 6.07) is 7.18. The van der Waals surface area contributed by atoms with Crippen LogP contribution in [0.1, 0.15) is 6.42 Å². The summed E-state index contributed by atoms with van der Waals surface area (Å²) >= 11 is 0. The van der Waals surface area contributed by atoms with Gasteiger partial charge in [-0.3, -0.25) is 9.20 Å². The number of pyridine rings is 1. The van der Waals surface area contributed by atoms with Gasteiger partial charge >= 0.3 is 0 Å². The fraction of sp³-hybridized carbons (Fsp3) is 0.316. The van der Waals surface area contributed by atoms with Gasteiger partial charge in [0.05, 0.1) is 37.6 Å². The molecule has 1 atom stereocenters. The third-order valence-corrected chi connectivity index (χ3v) is 4.85. The number of hydrogen-bond donors (Lipinski definition) is 1. The van der Waals surface area contributed by atoms with Crippen LogP contribution < -0.4 is 19.7 Å². The first-order valence-electron chi connectivity index (χ1n) is 9.05. The number of nitrogens with one attached hydrogen (secondary N) is 1. The minimum absolute atomic E-state index is 0.229. The Morgan fingerprint density at radius 1 is 1.34 bits per heavy atom. The second kappa shape index (κ2) is 7.73. The number of carbonyl (C=O) groups excluding carboxylic acids is 1. The van der Waals surface area contributed by atoms with E-state index in [1.165, 1.54) is 14.2 Å². The number of amides is 1. The van der Waals surface area contributed by atoms with Gasteiger partial charge in [0.1, 0.15) is 5.65 Å². The largest absolute Gasteiger partial charge is 0.480 e. The number of nitrogens with zero attached hydrogens (tertiary/aromatic N) is 6. The van der Waals surface area contributed by atoms with Gasteiger partial charge in [-0.05, 0) is 25.1 Å². The number of methoxy groups -OCH3 is 2. The third kappa shape index (κ3) is 3.32. The van der Waals surface area contributed by atoms with Crippen molar-refractivity contribution in [3.05, 3.63) is 30.5 Å². The van der Waals surface area contributed by atoms with Crippen molar-refractivity contribution in [2.24, 2.45) is 5.92 Å². The zero-order valence-electron chi connectivity index (χ0n) is 16.0. The van der Waals surface area contributed by atoms with Crippen LogP contribution in [0.25, 0.3) is 16.9 Å². The number of ether oxygens (including phenoxy) is 2. The van der Waals surface area contributed by atoms with E-state index in [1.54, 1.807) is 22.7 Å². The lowest BCUT2D eigenvalue weighted by Crippen LogP contribution is -2.33. The van der Waals surface area contributed by atoms with Crippen LogP contribution >= 0.6 is 0 Å². The number of hydrogen-bond acceptors (Lipinski definition) is 8. The molecule has 1 aliphatic heterocycles. The van der Waals surface area contributed by atoms with Gasteiger partial charge in [-0.2, -0.15) is 10.2 Å². The molecule has 3 aromatic rings. The minimum atomic E-state index is -0.257. The average Bonchev–Trinajstić information content (AvgIpc) is 3.43. The number of fused-ring (bicyclic) bond motifs is 1. The summed E-state index contributed by atoms with van der Waals surface area (Å²) in [5, 5.41) is 20.7. The highest BCUT2D eigenvalue weighted by molar-refractivity contribution is 5.97. The standard InChI is InChI=1S/C19H19N7O3/c1-28-17-8-13(18(29-2)24-23-17)14-4-3-5-15-22-16(10-25(14)15)26(11-20)19(27)12-6-7-21-9-12/h3-5,8,10,12,21H,6-7,9H2,1-2H3/t12-/m0/s1. The van der Waals surface area contributed by atoms with E-state index in [0.717, 1.165) is 11.4 Å². The fourth-order valence-electron chi connectivity index (χ4n) is 3.38. The van der Waals surface area contributed by atoms with E-state index in [4.69, 9.17) is 9.47 Å². The van der Waals surface area contributed by atoms with Crippen molar-refractivity contribution >= 4 is 17.4 Å². The molecule has 1 aliphatic rings. The Morgan fingerprint density at radius 3 is 2.90 bits per heavy atom. The average molecular weight is 393 g/mol. The van der Waals surface area contributed by atoms with E-state index >= 15 is 0 Å². The van der Waals surface area contributed by atoms with Gasteiger partial charge in [0.2, 0.25) is 17.7 Å². The van der Waals surface area contributed by atoms with Crippen LogP contribution in [0.3, 0.4) is 0 Å². The Kier molecular flexibility index (Phi) is 4.97. The van der Waals surface area contributed by atoms with Crippen LogP contribution in [-0.4, -0.2) is 52.8 Å². The molecule has 0 aliphatic carbocycles. The van der Waals surface area contributed by atoms with Crippen molar-refractivity contribution in [2.75, 3.05) is 32.2 Å². The van der Waals surface area contributed by atoms with Gasteiger partial charge in [0.25, 0.3) is 0 Å². The molecule has 1 amide bonds. The van der Waals surface area contributed by atoms with Crippen molar-refractivity contribution in [1.29, 1.82) is 5.26 Å². The lowest BCUT2D eigenvalue weighted by atomic mass is 10.1. The molecule has 0 spiro atoms. The van der Waals surface area contributed by atoms with Crippen LogP contribution in [0, 0.1) is 17.4 Å². The van der Waals surface area contributed by atoms with Gasteiger partial charge in [0.15, 0.2) is 12.0 Å². The Balaban J connectivity index is 1.80. The van der Waals surface area contributed by atoms with E-state index in [2.05, 4.69) is 20.5 Å². The minimum Gasteiger partial charge on any atom is -0.480 e. The van der Waals surface area contributed by atoms with Crippen molar-refractivity contribution in [3.8, 4) is 29.2 Å². The Morgan fingerprint density at radius 2 is 2.21 bits per heavy atom. The van der Waals surface area contributed by atoms with Crippen LogP contribution in [0.15, 0.2) is 30.5 Å². The molecule has 0 bridgehead atoms. The Bertz CT molecular complexity index is 1100. The highest BCUT2D eigenvalue weighted by Crippen LogP contribution is 2.31. The quantitative estimate of drug-likeness (QED) is 0.508. The summed E-state index contributed by atoms with van der Waals surface area (Å²) in [5.74, 6) is 0.435. The third-order valence-electron chi connectivity index (χ3n) is 4.85. The zero-order valence-corrected chi connectivity index (χ0v) is 16.0. The molecule has 4 rings (SSSR count). The number of carbonyl (C=O) groups is 1. The van der Waals surface area contributed by atoms with Gasteiger partial charge in [-0.25, -0.2) is 4.98 Å². The van der Waals surface area contributed by atoms with Crippen LogP contribution in [0.5, 0.6) is 11.8 Å². The Labute approximate surface area is 166 Å². The molecule has 4 heterocycles. The van der Waals surface area contributed by atoms with E-state index in [1.807, 2.05) is 18.3 Å². The highest BCUT2D eigenvalue weighted by atomic mass is 16.5. The van der Waals surface area contributed by atoms with E-state index in [9.17, 15) is 10.1 Å². The summed E-state index contributed by atoms with van der Waals surface area (Å²) in [5.41, 5.74) is 1.93. The van der Waals surface area contributed by atoms with Crippen molar-refractivity contribution in [3.63, 3.8) is 0 Å². The topological polar surface area (TPSA) is 118 Å². The summed E-state index contributed by atoms with van der Waals surface area (Å²) in [6.07, 6.45) is 4.33. The Hall–Kier alpha value is -3.71. The second-order valence-electron chi connectivity index (χ2n) is 6.51. The van der Waals surface area contributed by atoms with Gasteiger partial charge in [-0.1, -0.05) is 6.07 Å². The SMILES string of the molecule is COc1cc(-c2cccc3nc(N(C#N)C(=O)[C@H]4CCNC4)cn23)c(OC)nn1. The molecule has 1 N–H and O–H groups in total. The summed E-state index contributed by atoms with van der Waals surface area (Å²) in [7, 11) is 3.01. The van der Waals surface area contributed by atoms with Crippen LogP contribution in [0.2, 0.25) is 0 Å². The first kappa shape index (κ1) is 18.6. The van der Waals surface area contributed by atoms with Crippen molar-refractivity contribution in [1.82, 2.24) is 24.9 Å². The summed E-state index contributed by atoms with van der Waals surface area (Å²) in [4.78, 5) is 18.3. The first-order valence-corrected chi connectivity index (χ1v) is 9.05. The molecule has 29 heavy (non-hydrogen) atoms. The number of rotatable bonds is 5. The molecule has 0 unspecified atom stereocenters. The zero-order chi connectivity index (χ0) is 20.4. The smallest absolute Gasteiger partial charge is 0.246 e. The van der Waals surface area contributed by atoms with Crippen molar-refractivity contribution < 1.29 is 14.3 Å². The normalized spacial score (nSPS) is 15.8. The molecule has 3 aromatic heterocycles. The maximum atomic E-state index is 12.8. The first-order chi connectivity index (χ1) is 14.2. The van der Waals surface area contributed by atoms with Crippen molar-refractivity contribution in [2.45, 2.75) is 6.42 Å². The molecule has 1 saturated heterocycles. The molecule has 0 radical (unpaired) electrons. The molecule has 10 heteroatoms. The molecule has 1 fully saturated rings. The molecule has 0 saturated carbocycles. The maximum absolute atomic E-state index is 12.8. The monoisotopic (exact) mass is 393 g/mol. The number of aromatic nitrogens is 4. The number of nitriles is 1. The lowest BCUT2D eigenvalue weighted by Gasteiger charge is -2.14. The van der Waals surface area contributed by atoms with Gasteiger partial charge in [0, 0.05) is 12.6 Å². The predicted molar refractivity (Wildman–Crippen MR) is 103 cm³/mol. The summed E-state index contributed by atoms with van der Waals surface area (Å²) in [6.45, 7) is 1.33. The van der Waals surface area contributed by atoms with Crippen LogP contribution in [0.4, 0.5) is 5.82 Å². The molecule has 148 valence electrons. The lowest BCUT2D eigenvalue weighted by molar-refractivity contribution is -0.121. The van der Waals surface area contributed by atoms with Gasteiger partial charge in [-0.15, -0.1) is 10.2 Å². The second-order valence-corrected chi connectivity index (χ2v) is 6.51. The maximum Gasteiger partial charge on any atom is 0.246 e. The fourth-order valence-corrected chi connectivity index (χ4v) is 3.38. The van der Waals surface area contributed by atoms with E-state index < -0.39 is 0 Å². The van der Waals surface area contributed by atoms with E-state index in [-0.39, 0.29) is 17.6 Å². The predicted octanol–water partition coefficient (Wildman–Crippen LogP) is 1.23. The van der Waals surface area contributed by atoms with Crippen LogP contribution in [-0.2, 0) is 4.79 Å². The number of anilines is 1. The highest BCUT2D eigenvalue weighted by Gasteiger charge is 2.30.